The third kappa shape index (κ3) is 4.81. The van der Waals surface area contributed by atoms with Crippen LogP contribution in [0.2, 0.25) is 0 Å². The number of rotatable bonds is 7. The number of aromatic amines is 1. The highest BCUT2D eigenvalue weighted by atomic mass is 32.2. The van der Waals surface area contributed by atoms with E-state index >= 15 is 0 Å². The van der Waals surface area contributed by atoms with E-state index in [0.717, 1.165) is 29.1 Å². The second kappa shape index (κ2) is 8.93. The molecule has 0 aliphatic heterocycles. The van der Waals surface area contributed by atoms with Crippen molar-refractivity contribution in [2.45, 2.75) is 4.90 Å². The molecule has 0 spiro atoms. The molecule has 0 aliphatic carbocycles. The van der Waals surface area contributed by atoms with Crippen LogP contribution in [0.5, 0.6) is 0 Å². The zero-order valence-corrected chi connectivity index (χ0v) is 16.8. The van der Waals surface area contributed by atoms with Crippen LogP contribution in [0.25, 0.3) is 22.5 Å². The van der Waals surface area contributed by atoms with E-state index in [2.05, 4.69) is 40.8 Å². The highest BCUT2D eigenvalue weighted by Crippen LogP contribution is 2.30. The molecule has 1 heterocycles. The van der Waals surface area contributed by atoms with Crippen molar-refractivity contribution in [3.05, 3.63) is 66.2 Å². The summed E-state index contributed by atoms with van der Waals surface area (Å²) in [4.78, 5) is 19.5. The quantitative estimate of drug-likeness (QED) is 0.600. The molecule has 0 saturated heterocycles. The molecule has 5 heteroatoms. The van der Waals surface area contributed by atoms with E-state index < -0.39 is 0 Å². The summed E-state index contributed by atoms with van der Waals surface area (Å²) in [6.07, 6.45) is 2.06. The van der Waals surface area contributed by atoms with Gasteiger partial charge in [-0.15, -0.1) is 11.8 Å². The standard InChI is InChI=1S/C22H25N3OS/c1-25(2)14-13-23-22(26)19-15-20(16-9-11-18(27-3)12-10-16)24-21(19)17-7-5-4-6-8-17/h4-12,15,24H,13-14H2,1-3H3,(H,23,26). The maximum Gasteiger partial charge on any atom is 0.253 e. The first-order valence-corrected chi connectivity index (χ1v) is 10.2. The minimum Gasteiger partial charge on any atom is -0.354 e. The highest BCUT2D eigenvalue weighted by molar-refractivity contribution is 7.98. The largest absolute Gasteiger partial charge is 0.354 e. The monoisotopic (exact) mass is 379 g/mol. The van der Waals surface area contributed by atoms with E-state index in [1.54, 1.807) is 11.8 Å². The smallest absolute Gasteiger partial charge is 0.253 e. The van der Waals surface area contributed by atoms with Gasteiger partial charge in [-0.25, -0.2) is 0 Å². The van der Waals surface area contributed by atoms with Gasteiger partial charge in [0, 0.05) is 23.7 Å². The van der Waals surface area contributed by atoms with Crippen LogP contribution in [0.15, 0.2) is 65.6 Å². The van der Waals surface area contributed by atoms with Gasteiger partial charge in [-0.05, 0) is 49.7 Å². The van der Waals surface area contributed by atoms with Gasteiger partial charge < -0.3 is 15.2 Å². The maximum absolute atomic E-state index is 12.8. The Kier molecular flexibility index (Phi) is 6.37. The Hall–Kier alpha value is -2.50. The maximum atomic E-state index is 12.8. The summed E-state index contributed by atoms with van der Waals surface area (Å²) in [5.74, 6) is -0.0565. The zero-order chi connectivity index (χ0) is 19.2. The lowest BCUT2D eigenvalue weighted by molar-refractivity contribution is 0.0952. The number of aromatic nitrogens is 1. The fourth-order valence-electron chi connectivity index (χ4n) is 2.88. The third-order valence-electron chi connectivity index (χ3n) is 4.37. The van der Waals surface area contributed by atoms with Gasteiger partial charge in [0.15, 0.2) is 0 Å². The molecule has 0 radical (unpaired) electrons. The highest BCUT2D eigenvalue weighted by Gasteiger charge is 2.17. The predicted molar refractivity (Wildman–Crippen MR) is 114 cm³/mol. The lowest BCUT2D eigenvalue weighted by Crippen LogP contribution is -2.31. The summed E-state index contributed by atoms with van der Waals surface area (Å²) < 4.78 is 0. The van der Waals surface area contributed by atoms with Crippen molar-refractivity contribution < 1.29 is 4.79 Å². The molecule has 140 valence electrons. The molecule has 0 unspecified atom stereocenters. The Labute approximate surface area is 165 Å². The molecule has 2 aromatic carbocycles. The number of nitrogens with one attached hydrogen (secondary N) is 2. The summed E-state index contributed by atoms with van der Waals surface area (Å²) in [6.45, 7) is 1.42. The third-order valence-corrected chi connectivity index (χ3v) is 5.11. The van der Waals surface area contributed by atoms with E-state index in [-0.39, 0.29) is 5.91 Å². The molecule has 0 atom stereocenters. The molecule has 3 aromatic rings. The summed E-state index contributed by atoms with van der Waals surface area (Å²) in [5.41, 5.74) is 4.53. The number of carbonyl (C=O) groups is 1. The number of nitrogens with zero attached hydrogens (tertiary/aromatic N) is 1. The van der Waals surface area contributed by atoms with Crippen LogP contribution >= 0.6 is 11.8 Å². The average Bonchev–Trinajstić information content (AvgIpc) is 3.14. The lowest BCUT2D eigenvalue weighted by atomic mass is 10.1. The van der Waals surface area contributed by atoms with Crippen molar-refractivity contribution in [1.29, 1.82) is 0 Å². The van der Waals surface area contributed by atoms with Crippen LogP contribution in [0.4, 0.5) is 0 Å². The summed E-state index contributed by atoms with van der Waals surface area (Å²) in [5, 5.41) is 3.02. The van der Waals surface area contributed by atoms with Gasteiger partial charge in [0.05, 0.1) is 11.3 Å². The number of likely N-dealkylation sites (N-methyl/N-ethyl adjacent to an activating group) is 1. The lowest BCUT2D eigenvalue weighted by Gasteiger charge is -2.10. The van der Waals surface area contributed by atoms with Crippen molar-refractivity contribution >= 4 is 17.7 Å². The number of benzene rings is 2. The molecule has 1 amide bonds. The molecule has 2 N–H and O–H groups in total. The molecule has 1 aromatic heterocycles. The number of carbonyl (C=O) groups excluding carboxylic acids is 1. The topological polar surface area (TPSA) is 48.1 Å². The molecule has 0 aliphatic rings. The van der Waals surface area contributed by atoms with Crippen LogP contribution < -0.4 is 5.32 Å². The van der Waals surface area contributed by atoms with Crippen LogP contribution in [0.1, 0.15) is 10.4 Å². The molecular formula is C22H25N3OS. The van der Waals surface area contributed by atoms with Crippen LogP contribution in [0.3, 0.4) is 0 Å². The molecule has 4 nitrogen and oxygen atoms in total. The van der Waals surface area contributed by atoms with Crippen molar-refractivity contribution in [3.8, 4) is 22.5 Å². The van der Waals surface area contributed by atoms with Gasteiger partial charge in [0.1, 0.15) is 0 Å². The summed E-state index contributed by atoms with van der Waals surface area (Å²) >= 11 is 1.72. The molecule has 27 heavy (non-hydrogen) atoms. The number of amides is 1. The zero-order valence-electron chi connectivity index (χ0n) is 16.0. The number of H-pyrrole nitrogens is 1. The predicted octanol–water partition coefficient (Wildman–Crippen LogP) is 4.36. The van der Waals surface area contributed by atoms with Crippen LogP contribution in [-0.4, -0.2) is 49.2 Å². The van der Waals surface area contributed by atoms with E-state index in [1.807, 2.05) is 55.4 Å². The first-order valence-electron chi connectivity index (χ1n) is 8.94. The molecule has 0 saturated carbocycles. The fraction of sp³-hybridized carbons (Fsp3) is 0.227. The van der Waals surface area contributed by atoms with Crippen molar-refractivity contribution in [3.63, 3.8) is 0 Å². The first kappa shape index (κ1) is 19.3. The Morgan fingerprint density at radius 1 is 1.04 bits per heavy atom. The Morgan fingerprint density at radius 3 is 2.37 bits per heavy atom. The summed E-state index contributed by atoms with van der Waals surface area (Å²) in [6, 6.07) is 20.3. The minimum atomic E-state index is -0.0565. The second-order valence-electron chi connectivity index (χ2n) is 6.63. The van der Waals surface area contributed by atoms with Gasteiger partial charge >= 0.3 is 0 Å². The average molecular weight is 380 g/mol. The SMILES string of the molecule is CSc1ccc(-c2cc(C(=O)NCCN(C)C)c(-c3ccccc3)[nH]2)cc1. The molecule has 0 fully saturated rings. The normalized spacial score (nSPS) is 11.0. The molecular weight excluding hydrogens is 354 g/mol. The van der Waals surface area contributed by atoms with Crippen molar-refractivity contribution in [2.75, 3.05) is 33.4 Å². The molecule has 3 rings (SSSR count). The minimum absolute atomic E-state index is 0.0565. The fourth-order valence-corrected chi connectivity index (χ4v) is 3.29. The first-order chi connectivity index (χ1) is 13.1. The Balaban J connectivity index is 1.94. The Bertz CT molecular complexity index is 886. The van der Waals surface area contributed by atoms with Gasteiger partial charge in [0.2, 0.25) is 0 Å². The van der Waals surface area contributed by atoms with Crippen molar-refractivity contribution in [2.24, 2.45) is 0 Å². The van der Waals surface area contributed by atoms with Gasteiger partial charge in [-0.2, -0.15) is 0 Å². The number of hydrogen-bond donors (Lipinski definition) is 2. The van der Waals surface area contributed by atoms with E-state index in [0.29, 0.717) is 12.1 Å². The summed E-state index contributed by atoms with van der Waals surface area (Å²) in [7, 11) is 3.99. The van der Waals surface area contributed by atoms with Crippen LogP contribution in [-0.2, 0) is 0 Å². The van der Waals surface area contributed by atoms with Gasteiger partial charge in [0.25, 0.3) is 5.91 Å². The number of thioether (sulfide) groups is 1. The van der Waals surface area contributed by atoms with Gasteiger partial charge in [-0.1, -0.05) is 42.5 Å². The van der Waals surface area contributed by atoms with E-state index in [4.69, 9.17) is 0 Å². The van der Waals surface area contributed by atoms with E-state index in [1.165, 1.54) is 4.90 Å². The Morgan fingerprint density at radius 2 is 1.74 bits per heavy atom. The van der Waals surface area contributed by atoms with E-state index in [9.17, 15) is 4.79 Å². The second-order valence-corrected chi connectivity index (χ2v) is 7.51. The molecule has 0 bridgehead atoms. The van der Waals surface area contributed by atoms with Crippen molar-refractivity contribution in [1.82, 2.24) is 15.2 Å². The van der Waals surface area contributed by atoms with Crippen LogP contribution in [0, 0.1) is 0 Å². The number of hydrogen-bond acceptors (Lipinski definition) is 3. The van der Waals surface area contributed by atoms with Gasteiger partial charge in [-0.3, -0.25) is 4.79 Å².